The highest BCUT2D eigenvalue weighted by Gasteiger charge is 1.98. The Morgan fingerprint density at radius 2 is 2.36 bits per heavy atom. The largest absolute Gasteiger partial charge is 0.381 e. The van der Waals surface area contributed by atoms with Crippen LogP contribution in [0, 0.1) is 11.8 Å². The fourth-order valence-corrected chi connectivity index (χ4v) is 0.798. The Morgan fingerprint density at radius 1 is 1.64 bits per heavy atom. The van der Waals surface area contributed by atoms with E-state index in [9.17, 15) is 4.79 Å². The first kappa shape index (κ1) is 10.3. The van der Waals surface area contributed by atoms with E-state index in [1.807, 2.05) is 0 Å². The standard InChI is InChI=1S/C8H7ClN4O/c9-7-8(11)12-4-5(13-7)2-1-3-6(10)14/h4H,3H2,(H2,10,14)(H2,11,12). The molecule has 0 atom stereocenters. The number of nitrogen functional groups attached to an aromatic ring is 1. The molecule has 0 aliphatic carbocycles. The quantitative estimate of drug-likeness (QED) is 0.635. The molecular formula is C8H7ClN4O. The van der Waals surface area contributed by atoms with Crippen LogP contribution in [0.25, 0.3) is 0 Å². The van der Waals surface area contributed by atoms with Crippen LogP contribution in [0.5, 0.6) is 0 Å². The number of nitrogens with zero attached hydrogens (tertiary/aromatic N) is 2. The first-order valence-corrected chi connectivity index (χ1v) is 4.02. The number of rotatable bonds is 1. The molecule has 0 aliphatic rings. The van der Waals surface area contributed by atoms with Gasteiger partial charge in [-0.2, -0.15) is 0 Å². The molecule has 0 unspecified atom stereocenters. The second kappa shape index (κ2) is 4.44. The molecule has 1 rings (SSSR count). The second-order valence-corrected chi connectivity index (χ2v) is 2.73. The number of nitrogens with two attached hydrogens (primary N) is 2. The Balaban J connectivity index is 2.81. The predicted molar refractivity (Wildman–Crippen MR) is 52.1 cm³/mol. The highest BCUT2D eigenvalue weighted by atomic mass is 35.5. The average Bonchev–Trinajstić information content (AvgIpc) is 2.10. The zero-order valence-electron chi connectivity index (χ0n) is 7.12. The van der Waals surface area contributed by atoms with Crippen molar-refractivity contribution in [1.29, 1.82) is 0 Å². The van der Waals surface area contributed by atoms with E-state index in [-0.39, 0.29) is 17.4 Å². The minimum absolute atomic E-state index is 0.0241. The van der Waals surface area contributed by atoms with Gasteiger partial charge in [-0.15, -0.1) is 0 Å². The monoisotopic (exact) mass is 210 g/mol. The molecule has 5 nitrogen and oxygen atoms in total. The first-order valence-electron chi connectivity index (χ1n) is 3.65. The van der Waals surface area contributed by atoms with Crippen LogP contribution >= 0.6 is 11.6 Å². The number of aromatic nitrogens is 2. The minimum atomic E-state index is -0.494. The van der Waals surface area contributed by atoms with Crippen LogP contribution in [0.4, 0.5) is 5.82 Å². The van der Waals surface area contributed by atoms with Crippen molar-refractivity contribution in [1.82, 2.24) is 9.97 Å². The minimum Gasteiger partial charge on any atom is -0.381 e. The number of amides is 1. The van der Waals surface area contributed by atoms with E-state index in [0.717, 1.165) is 0 Å². The summed E-state index contributed by atoms with van der Waals surface area (Å²) in [5.41, 5.74) is 10.6. The molecule has 0 fully saturated rings. The van der Waals surface area contributed by atoms with Crippen molar-refractivity contribution in [3.05, 3.63) is 17.0 Å². The Labute approximate surface area is 85.5 Å². The molecule has 72 valence electrons. The molecule has 0 saturated carbocycles. The SMILES string of the molecule is NC(=O)CC#Cc1cnc(N)c(Cl)n1. The van der Waals surface area contributed by atoms with E-state index in [0.29, 0.717) is 5.69 Å². The Bertz CT molecular complexity index is 421. The van der Waals surface area contributed by atoms with E-state index in [1.54, 1.807) is 0 Å². The number of hydrogen-bond acceptors (Lipinski definition) is 4. The van der Waals surface area contributed by atoms with Gasteiger partial charge in [0.1, 0.15) is 5.69 Å². The van der Waals surface area contributed by atoms with E-state index in [2.05, 4.69) is 21.8 Å². The number of halogens is 1. The molecule has 0 spiro atoms. The average molecular weight is 211 g/mol. The lowest BCUT2D eigenvalue weighted by Crippen LogP contribution is -2.08. The molecule has 0 saturated heterocycles. The summed E-state index contributed by atoms with van der Waals surface area (Å²) in [6.45, 7) is 0. The second-order valence-electron chi connectivity index (χ2n) is 2.38. The number of hydrogen-bond donors (Lipinski definition) is 2. The van der Waals surface area contributed by atoms with Crippen molar-refractivity contribution in [2.75, 3.05) is 5.73 Å². The fourth-order valence-electron chi connectivity index (χ4n) is 0.658. The summed E-state index contributed by atoms with van der Waals surface area (Å²) >= 11 is 5.60. The van der Waals surface area contributed by atoms with Crippen LogP contribution in [-0.2, 0) is 4.79 Å². The molecule has 6 heteroatoms. The number of carbonyl (C=O) groups excluding carboxylic acids is 1. The zero-order valence-corrected chi connectivity index (χ0v) is 7.88. The van der Waals surface area contributed by atoms with Crippen molar-refractivity contribution < 1.29 is 4.79 Å². The lowest BCUT2D eigenvalue weighted by atomic mass is 10.3. The topological polar surface area (TPSA) is 94.9 Å². The number of anilines is 1. The Morgan fingerprint density at radius 3 is 2.93 bits per heavy atom. The maximum absolute atomic E-state index is 10.3. The summed E-state index contributed by atoms with van der Waals surface area (Å²) in [7, 11) is 0. The first-order chi connectivity index (χ1) is 6.59. The summed E-state index contributed by atoms with van der Waals surface area (Å²) in [5, 5.41) is 0.0934. The molecule has 1 aromatic heterocycles. The van der Waals surface area contributed by atoms with Crippen LogP contribution < -0.4 is 11.5 Å². The molecule has 0 aliphatic heterocycles. The van der Waals surface area contributed by atoms with Gasteiger partial charge in [0.05, 0.1) is 12.6 Å². The van der Waals surface area contributed by atoms with Gasteiger partial charge in [0, 0.05) is 0 Å². The van der Waals surface area contributed by atoms with Gasteiger partial charge in [0.25, 0.3) is 0 Å². The third-order valence-corrected chi connectivity index (χ3v) is 1.51. The Hall–Kier alpha value is -1.80. The van der Waals surface area contributed by atoms with Gasteiger partial charge in [-0.3, -0.25) is 4.79 Å². The van der Waals surface area contributed by atoms with Crippen LogP contribution in [0.15, 0.2) is 6.20 Å². The van der Waals surface area contributed by atoms with E-state index >= 15 is 0 Å². The highest BCUT2D eigenvalue weighted by molar-refractivity contribution is 6.31. The Kier molecular flexibility index (Phi) is 3.26. The normalized spacial score (nSPS) is 8.93. The van der Waals surface area contributed by atoms with Crippen molar-refractivity contribution in [3.63, 3.8) is 0 Å². The number of carbonyl (C=O) groups is 1. The molecule has 14 heavy (non-hydrogen) atoms. The van der Waals surface area contributed by atoms with Crippen molar-refractivity contribution in [2.45, 2.75) is 6.42 Å². The molecular weight excluding hydrogens is 204 g/mol. The molecule has 1 heterocycles. The van der Waals surface area contributed by atoms with Gasteiger partial charge < -0.3 is 11.5 Å². The molecule has 0 aromatic carbocycles. The van der Waals surface area contributed by atoms with Crippen molar-refractivity contribution in [3.8, 4) is 11.8 Å². The summed E-state index contributed by atoms with van der Waals surface area (Å²) < 4.78 is 0. The fraction of sp³-hybridized carbons (Fsp3) is 0.125. The van der Waals surface area contributed by atoms with Crippen molar-refractivity contribution >= 4 is 23.3 Å². The van der Waals surface area contributed by atoms with E-state index in [1.165, 1.54) is 6.20 Å². The highest BCUT2D eigenvalue weighted by Crippen LogP contribution is 2.11. The molecule has 1 aromatic rings. The molecule has 0 radical (unpaired) electrons. The number of primary amides is 1. The van der Waals surface area contributed by atoms with E-state index in [4.69, 9.17) is 23.1 Å². The summed E-state index contributed by atoms with van der Waals surface area (Å²) in [6, 6.07) is 0. The zero-order chi connectivity index (χ0) is 10.6. The van der Waals surface area contributed by atoms with Gasteiger partial charge in [-0.1, -0.05) is 17.5 Å². The van der Waals surface area contributed by atoms with Gasteiger partial charge in [0.15, 0.2) is 11.0 Å². The maximum Gasteiger partial charge on any atom is 0.229 e. The molecule has 1 amide bonds. The van der Waals surface area contributed by atoms with Crippen LogP contribution in [-0.4, -0.2) is 15.9 Å². The maximum atomic E-state index is 10.3. The van der Waals surface area contributed by atoms with Crippen LogP contribution in [0.3, 0.4) is 0 Å². The van der Waals surface area contributed by atoms with E-state index < -0.39 is 5.91 Å². The summed E-state index contributed by atoms with van der Waals surface area (Å²) in [4.78, 5) is 17.9. The van der Waals surface area contributed by atoms with Gasteiger partial charge in [-0.25, -0.2) is 9.97 Å². The van der Waals surface area contributed by atoms with Gasteiger partial charge in [-0.05, 0) is 5.92 Å². The molecule has 4 N–H and O–H groups in total. The van der Waals surface area contributed by atoms with Gasteiger partial charge in [0.2, 0.25) is 5.91 Å². The lowest BCUT2D eigenvalue weighted by Gasteiger charge is -1.94. The predicted octanol–water partition coefficient (Wildman–Crippen LogP) is -0.0609. The summed E-state index contributed by atoms with van der Waals surface area (Å²) in [6.07, 6.45) is 1.35. The third-order valence-electron chi connectivity index (χ3n) is 1.23. The van der Waals surface area contributed by atoms with Gasteiger partial charge >= 0.3 is 0 Å². The van der Waals surface area contributed by atoms with Crippen molar-refractivity contribution in [2.24, 2.45) is 5.73 Å². The van der Waals surface area contributed by atoms with Crippen LogP contribution in [0.1, 0.15) is 12.1 Å². The lowest BCUT2D eigenvalue weighted by molar-refractivity contribution is -0.117. The smallest absolute Gasteiger partial charge is 0.229 e. The third kappa shape index (κ3) is 2.92. The van der Waals surface area contributed by atoms with Crippen LogP contribution in [0.2, 0.25) is 5.15 Å². The summed E-state index contributed by atoms with van der Waals surface area (Å²) in [5.74, 6) is 4.75. The molecule has 0 bridgehead atoms.